The second-order valence-electron chi connectivity index (χ2n) is 3.49. The number of aromatic nitrogens is 2. The largest absolute Gasteiger partial charge is 0.345 e. The SMILES string of the molecule is CN(CCC#N)C(=O)CCn1cnc(I)c1I. The Bertz CT molecular complexity index is 438. The zero-order valence-electron chi connectivity index (χ0n) is 9.36. The minimum atomic E-state index is 0.0553. The molecule has 0 atom stereocenters. The molecule has 0 aromatic carbocycles. The van der Waals surface area contributed by atoms with E-state index in [0.717, 1.165) is 7.40 Å². The molecule has 5 nitrogen and oxygen atoms in total. The second-order valence-corrected chi connectivity index (χ2v) is 5.54. The minimum absolute atomic E-state index is 0.0553. The highest BCUT2D eigenvalue weighted by atomic mass is 127. The van der Waals surface area contributed by atoms with Crippen LogP contribution in [0.4, 0.5) is 0 Å². The standard InChI is InChI=1S/C10H12I2N4O/c1-15(5-2-4-13)8(17)3-6-16-7-14-9(11)10(16)12/h7H,2-3,5-6H2,1H3. The van der Waals surface area contributed by atoms with Gasteiger partial charge in [-0.15, -0.1) is 0 Å². The van der Waals surface area contributed by atoms with Gasteiger partial charge in [0.1, 0.15) is 7.40 Å². The molecule has 1 heterocycles. The lowest BCUT2D eigenvalue weighted by Crippen LogP contribution is -2.28. The highest BCUT2D eigenvalue weighted by Gasteiger charge is 2.10. The van der Waals surface area contributed by atoms with Crippen LogP contribution in [0.3, 0.4) is 0 Å². The first-order valence-corrected chi connectivity index (χ1v) is 7.19. The molecule has 0 unspecified atom stereocenters. The molecule has 0 bridgehead atoms. The number of rotatable bonds is 5. The molecule has 7 heteroatoms. The number of carbonyl (C=O) groups is 1. The van der Waals surface area contributed by atoms with E-state index >= 15 is 0 Å². The summed E-state index contributed by atoms with van der Waals surface area (Å²) in [5.41, 5.74) is 0. The van der Waals surface area contributed by atoms with E-state index in [0.29, 0.717) is 25.9 Å². The summed E-state index contributed by atoms with van der Waals surface area (Å²) in [4.78, 5) is 17.5. The highest BCUT2D eigenvalue weighted by molar-refractivity contribution is 14.1. The van der Waals surface area contributed by atoms with Crippen LogP contribution in [0.25, 0.3) is 0 Å². The van der Waals surface area contributed by atoms with Crippen molar-refractivity contribution in [2.24, 2.45) is 0 Å². The molecule has 0 aliphatic heterocycles. The lowest BCUT2D eigenvalue weighted by atomic mass is 10.3. The molecule has 1 rings (SSSR count). The maximum atomic E-state index is 11.7. The van der Waals surface area contributed by atoms with Crippen LogP contribution in [-0.2, 0) is 11.3 Å². The Labute approximate surface area is 127 Å². The molecule has 1 amide bonds. The van der Waals surface area contributed by atoms with Crippen LogP contribution < -0.4 is 0 Å². The number of halogens is 2. The van der Waals surface area contributed by atoms with E-state index in [2.05, 4.69) is 50.2 Å². The molecular formula is C10H12I2N4O. The summed E-state index contributed by atoms with van der Waals surface area (Å²) < 4.78 is 3.96. The fourth-order valence-corrected chi connectivity index (χ4v) is 2.19. The number of aryl methyl sites for hydroxylation is 1. The molecule has 0 radical (unpaired) electrons. The van der Waals surface area contributed by atoms with Crippen molar-refractivity contribution in [2.75, 3.05) is 13.6 Å². The van der Waals surface area contributed by atoms with Gasteiger partial charge in [-0.05, 0) is 45.2 Å². The Kier molecular flexibility index (Phi) is 6.18. The predicted molar refractivity (Wildman–Crippen MR) is 80.1 cm³/mol. The zero-order valence-corrected chi connectivity index (χ0v) is 13.7. The van der Waals surface area contributed by atoms with Crippen molar-refractivity contribution in [3.8, 4) is 6.07 Å². The molecule has 17 heavy (non-hydrogen) atoms. The van der Waals surface area contributed by atoms with E-state index < -0.39 is 0 Å². The van der Waals surface area contributed by atoms with E-state index in [9.17, 15) is 4.79 Å². The van der Waals surface area contributed by atoms with Crippen LogP contribution in [0.1, 0.15) is 12.8 Å². The van der Waals surface area contributed by atoms with Crippen molar-refractivity contribution < 1.29 is 4.79 Å². The van der Waals surface area contributed by atoms with Gasteiger partial charge in [-0.1, -0.05) is 0 Å². The minimum Gasteiger partial charge on any atom is -0.345 e. The van der Waals surface area contributed by atoms with Crippen LogP contribution >= 0.6 is 45.2 Å². The number of hydrogen-bond acceptors (Lipinski definition) is 3. The van der Waals surface area contributed by atoms with E-state index in [1.54, 1.807) is 18.3 Å². The maximum absolute atomic E-state index is 11.7. The molecule has 0 N–H and O–H groups in total. The van der Waals surface area contributed by atoms with Gasteiger partial charge in [0.2, 0.25) is 5.91 Å². The fraction of sp³-hybridized carbons (Fsp3) is 0.500. The summed E-state index contributed by atoms with van der Waals surface area (Å²) in [7, 11) is 1.72. The third kappa shape index (κ3) is 4.42. The summed E-state index contributed by atoms with van der Waals surface area (Å²) in [5.74, 6) is 0.0553. The normalized spacial score (nSPS) is 10.0. The lowest BCUT2D eigenvalue weighted by molar-refractivity contribution is -0.130. The van der Waals surface area contributed by atoms with E-state index in [1.807, 2.05) is 10.6 Å². The number of nitrogens with zero attached hydrogens (tertiary/aromatic N) is 4. The molecule has 0 spiro atoms. The zero-order chi connectivity index (χ0) is 12.8. The van der Waals surface area contributed by atoms with Crippen LogP contribution in [0.15, 0.2) is 6.33 Å². The quantitative estimate of drug-likeness (QED) is 0.634. The van der Waals surface area contributed by atoms with E-state index in [-0.39, 0.29) is 5.91 Å². The third-order valence-electron chi connectivity index (χ3n) is 2.28. The molecule has 92 valence electrons. The Morgan fingerprint density at radius 3 is 2.88 bits per heavy atom. The number of imidazole rings is 1. The van der Waals surface area contributed by atoms with Crippen molar-refractivity contribution >= 4 is 51.1 Å². The summed E-state index contributed by atoms with van der Waals surface area (Å²) >= 11 is 4.37. The summed E-state index contributed by atoms with van der Waals surface area (Å²) in [5, 5.41) is 8.44. The molecule has 0 saturated carbocycles. The molecule has 1 aromatic rings. The van der Waals surface area contributed by atoms with E-state index in [4.69, 9.17) is 5.26 Å². The van der Waals surface area contributed by atoms with Gasteiger partial charge in [0.05, 0.1) is 18.8 Å². The number of carbonyl (C=O) groups excluding carboxylic acids is 1. The van der Waals surface area contributed by atoms with Crippen molar-refractivity contribution in [3.63, 3.8) is 0 Å². The lowest BCUT2D eigenvalue weighted by Gasteiger charge is -2.15. The van der Waals surface area contributed by atoms with Crippen molar-refractivity contribution in [3.05, 3.63) is 13.7 Å². The highest BCUT2D eigenvalue weighted by Crippen LogP contribution is 2.13. The second kappa shape index (κ2) is 7.15. The Morgan fingerprint density at radius 2 is 2.35 bits per heavy atom. The maximum Gasteiger partial charge on any atom is 0.224 e. The van der Waals surface area contributed by atoms with Gasteiger partial charge in [0.15, 0.2) is 0 Å². The number of amides is 1. The van der Waals surface area contributed by atoms with Gasteiger partial charge in [-0.3, -0.25) is 4.79 Å². The fourth-order valence-electron chi connectivity index (χ4n) is 1.25. The van der Waals surface area contributed by atoms with Gasteiger partial charge in [0, 0.05) is 26.6 Å². The molecule has 0 aliphatic rings. The van der Waals surface area contributed by atoms with Gasteiger partial charge in [-0.2, -0.15) is 5.26 Å². The van der Waals surface area contributed by atoms with E-state index in [1.165, 1.54) is 0 Å². The smallest absolute Gasteiger partial charge is 0.224 e. The van der Waals surface area contributed by atoms with Crippen molar-refractivity contribution in [2.45, 2.75) is 19.4 Å². The first-order chi connectivity index (χ1) is 8.06. The molecule has 0 fully saturated rings. The molecular weight excluding hydrogens is 446 g/mol. The van der Waals surface area contributed by atoms with Gasteiger partial charge in [-0.25, -0.2) is 4.98 Å². The summed E-state index contributed by atoms with van der Waals surface area (Å²) in [6.45, 7) is 1.12. The Morgan fingerprint density at radius 1 is 1.65 bits per heavy atom. The topological polar surface area (TPSA) is 61.9 Å². The van der Waals surface area contributed by atoms with Crippen molar-refractivity contribution in [1.82, 2.24) is 14.5 Å². The first-order valence-electron chi connectivity index (χ1n) is 5.03. The first kappa shape index (κ1) is 14.7. The van der Waals surface area contributed by atoms with Crippen LogP contribution in [0.5, 0.6) is 0 Å². The summed E-state index contributed by atoms with van der Waals surface area (Å²) in [6, 6.07) is 2.03. The van der Waals surface area contributed by atoms with Gasteiger partial charge < -0.3 is 9.47 Å². The number of nitriles is 1. The predicted octanol–water partition coefficient (Wildman–Crippen LogP) is 1.85. The monoisotopic (exact) mass is 458 g/mol. The molecule has 0 aliphatic carbocycles. The number of hydrogen-bond donors (Lipinski definition) is 0. The van der Waals surface area contributed by atoms with Gasteiger partial charge >= 0.3 is 0 Å². The Balaban J connectivity index is 2.43. The van der Waals surface area contributed by atoms with Crippen LogP contribution in [-0.4, -0.2) is 34.0 Å². The van der Waals surface area contributed by atoms with Crippen LogP contribution in [0.2, 0.25) is 0 Å². The third-order valence-corrected chi connectivity index (χ3v) is 5.24. The van der Waals surface area contributed by atoms with Crippen molar-refractivity contribution in [1.29, 1.82) is 5.26 Å². The average molecular weight is 458 g/mol. The Hall–Kier alpha value is -0.370. The van der Waals surface area contributed by atoms with Gasteiger partial charge in [0.25, 0.3) is 0 Å². The molecule has 1 aromatic heterocycles. The van der Waals surface area contributed by atoms with Crippen LogP contribution in [0, 0.1) is 18.7 Å². The molecule has 0 saturated heterocycles. The average Bonchev–Trinajstić information content (AvgIpc) is 2.64. The summed E-state index contributed by atoms with van der Waals surface area (Å²) in [6.07, 6.45) is 2.55.